The first kappa shape index (κ1) is 15.0. The molecule has 0 saturated heterocycles. The van der Waals surface area contributed by atoms with Gasteiger partial charge in [0, 0.05) is 0 Å². The third kappa shape index (κ3) is 2.59. The van der Waals surface area contributed by atoms with Crippen LogP contribution in [0.4, 0.5) is 26.3 Å². The van der Waals surface area contributed by atoms with Crippen molar-refractivity contribution >= 4 is 5.97 Å². The van der Waals surface area contributed by atoms with E-state index < -0.39 is 30.3 Å². The van der Waals surface area contributed by atoms with Gasteiger partial charge in [-0.25, -0.2) is 0 Å². The van der Waals surface area contributed by atoms with Crippen molar-refractivity contribution in [2.24, 2.45) is 5.41 Å². The topological polar surface area (TPSA) is 26.3 Å². The van der Waals surface area contributed by atoms with Crippen LogP contribution in [-0.4, -0.2) is 24.9 Å². The molecule has 0 aliphatic heterocycles. The molecule has 8 heteroatoms. The number of hydrogen-bond acceptors (Lipinski definition) is 2. The lowest BCUT2D eigenvalue weighted by Gasteiger charge is -2.31. The number of halogens is 6. The van der Waals surface area contributed by atoms with Crippen LogP contribution in [0.5, 0.6) is 0 Å². The van der Waals surface area contributed by atoms with E-state index in [9.17, 15) is 31.1 Å². The molecule has 0 aromatic carbocycles. The maximum Gasteiger partial charge on any atom is 0.413 e. The van der Waals surface area contributed by atoms with Crippen molar-refractivity contribution in [3.8, 4) is 0 Å². The average molecular weight is 252 g/mol. The van der Waals surface area contributed by atoms with Gasteiger partial charge in [-0.2, -0.15) is 26.3 Å². The van der Waals surface area contributed by atoms with Crippen molar-refractivity contribution in [2.45, 2.75) is 32.6 Å². The second-order valence-corrected chi connectivity index (χ2v) is 3.26. The van der Waals surface area contributed by atoms with Crippen LogP contribution >= 0.6 is 0 Å². The molecule has 2 nitrogen and oxygen atoms in total. The van der Waals surface area contributed by atoms with Gasteiger partial charge in [0.25, 0.3) is 5.41 Å². The van der Waals surface area contributed by atoms with E-state index in [1.165, 1.54) is 6.92 Å². The molecule has 0 saturated carbocycles. The summed E-state index contributed by atoms with van der Waals surface area (Å²) in [4.78, 5) is 10.9. The summed E-state index contributed by atoms with van der Waals surface area (Å²) < 4.78 is 77.5. The van der Waals surface area contributed by atoms with Crippen molar-refractivity contribution in [1.29, 1.82) is 0 Å². The first-order valence-electron chi connectivity index (χ1n) is 4.29. The molecule has 0 aromatic heterocycles. The molecule has 0 N–H and O–H groups in total. The number of carbonyl (C=O) groups excluding carboxylic acids is 1. The molecule has 0 atom stereocenters. The van der Waals surface area contributed by atoms with Crippen LogP contribution in [0, 0.1) is 5.41 Å². The minimum absolute atomic E-state index is 0.136. The molecule has 0 rings (SSSR count). The van der Waals surface area contributed by atoms with Crippen molar-refractivity contribution < 1.29 is 35.9 Å². The Balaban J connectivity index is 5.19. The van der Waals surface area contributed by atoms with Crippen LogP contribution in [0.2, 0.25) is 0 Å². The Bertz CT molecular complexity index is 240. The smallest absolute Gasteiger partial charge is 0.413 e. The largest absolute Gasteiger partial charge is 0.465 e. The SMILES string of the molecule is CCCOC(=O)C(C)(C(F)(F)F)C(F)(F)F. The van der Waals surface area contributed by atoms with Gasteiger partial charge in [-0.05, 0) is 13.3 Å². The summed E-state index contributed by atoms with van der Waals surface area (Å²) >= 11 is 0. The van der Waals surface area contributed by atoms with Crippen LogP contribution in [0.25, 0.3) is 0 Å². The van der Waals surface area contributed by atoms with E-state index in [1.54, 1.807) is 0 Å². The highest BCUT2D eigenvalue weighted by atomic mass is 19.4. The summed E-state index contributed by atoms with van der Waals surface area (Å²) in [7, 11) is 0. The van der Waals surface area contributed by atoms with E-state index in [2.05, 4.69) is 4.74 Å². The fraction of sp³-hybridized carbons (Fsp3) is 0.875. The summed E-state index contributed by atoms with van der Waals surface area (Å²) in [5.74, 6) is -2.32. The number of hydrogen-bond donors (Lipinski definition) is 0. The minimum Gasteiger partial charge on any atom is -0.465 e. The molecule has 0 fully saturated rings. The maximum absolute atomic E-state index is 12.3. The lowest BCUT2D eigenvalue weighted by Crippen LogP contribution is -2.54. The van der Waals surface area contributed by atoms with Gasteiger partial charge >= 0.3 is 18.3 Å². The predicted molar refractivity (Wildman–Crippen MR) is 41.5 cm³/mol. The van der Waals surface area contributed by atoms with Crippen LogP contribution in [0.15, 0.2) is 0 Å². The van der Waals surface area contributed by atoms with Crippen molar-refractivity contribution in [3.05, 3.63) is 0 Å². The minimum atomic E-state index is -5.74. The second-order valence-electron chi connectivity index (χ2n) is 3.26. The molecule has 0 heterocycles. The molecule has 16 heavy (non-hydrogen) atoms. The van der Waals surface area contributed by atoms with Crippen molar-refractivity contribution in [3.63, 3.8) is 0 Å². The van der Waals surface area contributed by atoms with Crippen molar-refractivity contribution in [2.75, 3.05) is 6.61 Å². The number of alkyl halides is 6. The average Bonchev–Trinajstić information content (AvgIpc) is 2.08. The lowest BCUT2D eigenvalue weighted by molar-refractivity contribution is -0.326. The molecule has 0 amide bonds. The molecular weight excluding hydrogens is 242 g/mol. The molecule has 0 spiro atoms. The Morgan fingerprint density at radius 1 is 1.06 bits per heavy atom. The van der Waals surface area contributed by atoms with Gasteiger partial charge < -0.3 is 4.74 Å². The number of ether oxygens (including phenoxy) is 1. The highest BCUT2D eigenvalue weighted by molar-refractivity contribution is 5.78. The van der Waals surface area contributed by atoms with Crippen molar-refractivity contribution in [1.82, 2.24) is 0 Å². The predicted octanol–water partition coefficient (Wildman–Crippen LogP) is 3.07. The van der Waals surface area contributed by atoms with Gasteiger partial charge in [0.2, 0.25) is 0 Å². The molecular formula is C8H10F6O2. The zero-order valence-corrected chi connectivity index (χ0v) is 8.50. The van der Waals surface area contributed by atoms with Gasteiger partial charge in [-0.15, -0.1) is 0 Å². The fourth-order valence-electron chi connectivity index (χ4n) is 0.731. The number of esters is 1. The third-order valence-corrected chi connectivity index (χ3v) is 1.98. The molecule has 96 valence electrons. The second kappa shape index (κ2) is 4.50. The molecule has 0 bridgehead atoms. The van der Waals surface area contributed by atoms with E-state index in [4.69, 9.17) is 0 Å². The Labute approximate surface area is 87.6 Å². The van der Waals surface area contributed by atoms with Gasteiger partial charge in [0.1, 0.15) is 0 Å². The molecule has 0 aromatic rings. The summed E-state index contributed by atoms with van der Waals surface area (Å²) in [5, 5.41) is 0. The Morgan fingerprint density at radius 3 is 1.69 bits per heavy atom. The summed E-state index contributed by atoms with van der Waals surface area (Å²) in [5.41, 5.74) is -4.48. The standard InChI is InChI=1S/C8H10F6O2/c1-3-4-16-5(15)6(2,7(9,10)11)8(12,13)14/h3-4H2,1-2H3. The first-order valence-corrected chi connectivity index (χ1v) is 4.29. The van der Waals surface area contributed by atoms with Crippen LogP contribution in [0.3, 0.4) is 0 Å². The Hall–Kier alpha value is -0.950. The first-order chi connectivity index (χ1) is 6.98. The van der Waals surface area contributed by atoms with Crippen LogP contribution in [0.1, 0.15) is 20.3 Å². The quantitative estimate of drug-likeness (QED) is 0.570. The summed E-state index contributed by atoms with van der Waals surface area (Å²) in [6, 6.07) is 0. The zero-order valence-electron chi connectivity index (χ0n) is 8.50. The van der Waals surface area contributed by atoms with E-state index in [0.29, 0.717) is 0 Å². The number of carbonyl (C=O) groups is 1. The van der Waals surface area contributed by atoms with E-state index in [0.717, 1.165) is 0 Å². The lowest BCUT2D eigenvalue weighted by atomic mass is 9.89. The van der Waals surface area contributed by atoms with Gasteiger partial charge in [0.15, 0.2) is 0 Å². The summed E-state index contributed by atoms with van der Waals surface area (Å²) in [6.45, 7) is 0.734. The maximum atomic E-state index is 12.3. The molecule has 0 aliphatic rings. The van der Waals surface area contributed by atoms with E-state index >= 15 is 0 Å². The van der Waals surface area contributed by atoms with Crippen LogP contribution in [-0.2, 0) is 9.53 Å². The molecule has 0 radical (unpaired) electrons. The fourth-order valence-corrected chi connectivity index (χ4v) is 0.731. The van der Waals surface area contributed by atoms with E-state index in [-0.39, 0.29) is 13.3 Å². The zero-order chi connectivity index (χ0) is 13.2. The highest BCUT2D eigenvalue weighted by Gasteiger charge is 2.73. The Kier molecular flexibility index (Phi) is 4.24. The van der Waals surface area contributed by atoms with Crippen LogP contribution < -0.4 is 0 Å². The third-order valence-electron chi connectivity index (χ3n) is 1.98. The van der Waals surface area contributed by atoms with E-state index in [1.807, 2.05) is 0 Å². The molecule has 0 unspecified atom stereocenters. The highest BCUT2D eigenvalue weighted by Crippen LogP contribution is 2.50. The van der Waals surface area contributed by atoms with Gasteiger partial charge in [-0.1, -0.05) is 6.92 Å². The van der Waals surface area contributed by atoms with Gasteiger partial charge in [0.05, 0.1) is 6.61 Å². The normalized spacial score (nSPS) is 13.8. The monoisotopic (exact) mass is 252 g/mol. The molecule has 0 aliphatic carbocycles. The summed E-state index contributed by atoms with van der Waals surface area (Å²) in [6.07, 6.45) is -11.3. The van der Waals surface area contributed by atoms with Gasteiger partial charge in [-0.3, -0.25) is 4.79 Å². The Morgan fingerprint density at radius 2 is 1.44 bits per heavy atom. The number of rotatable bonds is 3.